The molecule has 2 atom stereocenters. The maximum atomic E-state index is 13.6. The molecule has 5 aromatic rings. The molecule has 2 aliphatic rings. The van der Waals surface area contributed by atoms with E-state index in [0.29, 0.717) is 23.2 Å². The van der Waals surface area contributed by atoms with Crippen LogP contribution in [0.25, 0.3) is 10.9 Å². The first-order valence-electron chi connectivity index (χ1n) is 20.8. The molecule has 5 N–H and O–H groups in total. The number of aliphatic hydroxyl groups is 1. The molecular weight excluding hydrogens is 779 g/mol. The lowest BCUT2D eigenvalue weighted by atomic mass is 9.93. The summed E-state index contributed by atoms with van der Waals surface area (Å²) in [4.78, 5) is 32.7. The summed E-state index contributed by atoms with van der Waals surface area (Å²) in [7, 11) is -3.82. The van der Waals surface area contributed by atoms with Crippen LogP contribution in [-0.2, 0) is 21.2 Å². The average Bonchev–Trinajstić information content (AvgIpc) is 3.25. The molecule has 1 amide bonds. The molecule has 60 heavy (non-hydrogen) atoms. The van der Waals surface area contributed by atoms with Gasteiger partial charge in [0, 0.05) is 74.6 Å². The van der Waals surface area contributed by atoms with E-state index in [1.165, 1.54) is 68.7 Å². The van der Waals surface area contributed by atoms with Gasteiger partial charge in [0.15, 0.2) is 0 Å². The smallest absolute Gasteiger partial charge is 0.251 e. The van der Waals surface area contributed by atoms with Gasteiger partial charge in [0.25, 0.3) is 5.91 Å². The number of fused-ring (bicyclic) bond motifs is 1. The first-order chi connectivity index (χ1) is 28.9. The van der Waals surface area contributed by atoms with Crippen LogP contribution in [0.2, 0.25) is 0 Å². The van der Waals surface area contributed by atoms with Crippen molar-refractivity contribution in [3.05, 3.63) is 135 Å². The van der Waals surface area contributed by atoms with Crippen molar-refractivity contribution in [3.8, 4) is 11.5 Å². The summed E-state index contributed by atoms with van der Waals surface area (Å²) in [6.45, 7) is 10.9. The molecule has 2 fully saturated rings. The number of sulfone groups is 1. The largest absolute Gasteiger partial charge is 0.506 e. The summed E-state index contributed by atoms with van der Waals surface area (Å²) < 4.78 is 33.0. The van der Waals surface area contributed by atoms with Crippen LogP contribution in [0.1, 0.15) is 79.0 Å². The molecule has 2 heterocycles. The van der Waals surface area contributed by atoms with Gasteiger partial charge in [-0.1, -0.05) is 43.5 Å². The Morgan fingerprint density at radius 1 is 0.917 bits per heavy atom. The molecule has 316 valence electrons. The maximum absolute atomic E-state index is 13.6. The third-order valence-electron chi connectivity index (χ3n) is 12.1. The molecule has 1 aromatic heterocycles. The fourth-order valence-electron chi connectivity index (χ4n) is 8.62. The molecule has 1 saturated heterocycles. The number of nitrogens with one attached hydrogen (secondary N) is 3. The lowest BCUT2D eigenvalue weighted by Crippen LogP contribution is -2.51. The van der Waals surface area contributed by atoms with Gasteiger partial charge in [0.2, 0.25) is 15.4 Å². The number of pyridine rings is 1. The van der Waals surface area contributed by atoms with Crippen molar-refractivity contribution in [2.24, 2.45) is 0 Å². The van der Waals surface area contributed by atoms with Gasteiger partial charge < -0.3 is 30.6 Å². The third kappa shape index (κ3) is 9.99. The number of hydrogen-bond donors (Lipinski definition) is 5. The molecule has 0 unspecified atom stereocenters. The zero-order valence-corrected chi connectivity index (χ0v) is 35.3. The molecular formula is C47H55N5O7S. The number of H-pyrrole nitrogens is 1. The Kier molecular flexibility index (Phi) is 13.5. The highest BCUT2D eigenvalue weighted by Crippen LogP contribution is 2.31. The van der Waals surface area contributed by atoms with Crippen molar-refractivity contribution in [2.75, 3.05) is 38.0 Å². The first kappa shape index (κ1) is 42.8. The quantitative estimate of drug-likeness (QED) is 0.0579. The van der Waals surface area contributed by atoms with Gasteiger partial charge in [-0.05, 0) is 116 Å². The first-order valence-corrected chi connectivity index (χ1v) is 22.3. The van der Waals surface area contributed by atoms with E-state index in [1.807, 2.05) is 38.1 Å². The number of aryl methyl sites for hydroxylation is 2. The fraction of sp³-hybridized carbons (Fsp3) is 0.362. The molecule has 1 saturated carbocycles. The summed E-state index contributed by atoms with van der Waals surface area (Å²) in [5.41, 5.74) is 5.08. The topological polar surface area (TPSA) is 164 Å². The van der Waals surface area contributed by atoms with Crippen LogP contribution >= 0.6 is 0 Å². The molecule has 7 rings (SSSR count). The van der Waals surface area contributed by atoms with Crippen molar-refractivity contribution in [3.63, 3.8) is 0 Å². The number of hydrogen-bond acceptors (Lipinski definition) is 10. The molecule has 12 nitrogen and oxygen atoms in total. The van der Waals surface area contributed by atoms with E-state index >= 15 is 0 Å². The number of aromatic amines is 1. The number of phenols is 1. The Labute approximate surface area is 351 Å². The lowest BCUT2D eigenvalue weighted by molar-refractivity contribution is -0.112. The van der Waals surface area contributed by atoms with E-state index in [2.05, 4.69) is 32.3 Å². The van der Waals surface area contributed by atoms with Gasteiger partial charge in [-0.15, -0.1) is 0 Å². The molecule has 0 radical (unpaired) electrons. The van der Waals surface area contributed by atoms with Gasteiger partial charge in [0.05, 0.1) is 27.7 Å². The molecule has 4 aromatic carbocycles. The van der Waals surface area contributed by atoms with E-state index in [0.717, 1.165) is 54.5 Å². The van der Waals surface area contributed by atoms with Gasteiger partial charge in [0.1, 0.15) is 11.5 Å². The zero-order chi connectivity index (χ0) is 42.4. The number of amides is 1. The number of aromatic nitrogens is 1. The summed E-state index contributed by atoms with van der Waals surface area (Å²) in [5, 5.41) is 27.8. The average molecular weight is 834 g/mol. The number of ether oxygens (including phenoxy) is 1. The summed E-state index contributed by atoms with van der Waals surface area (Å²) in [6, 6.07) is 24.1. The highest BCUT2D eigenvalue weighted by atomic mass is 32.2. The predicted octanol–water partition coefficient (Wildman–Crippen LogP) is 7.05. The number of carbonyl (C=O) groups is 1. The lowest BCUT2D eigenvalue weighted by Gasteiger charge is -2.42. The van der Waals surface area contributed by atoms with Crippen LogP contribution < -0.4 is 20.9 Å². The van der Waals surface area contributed by atoms with Crippen LogP contribution in [0.5, 0.6) is 11.5 Å². The molecule has 13 heteroatoms. The van der Waals surface area contributed by atoms with Crippen LogP contribution in [0.15, 0.2) is 112 Å². The summed E-state index contributed by atoms with van der Waals surface area (Å²) >= 11 is 0. The number of rotatable bonds is 14. The predicted molar refractivity (Wildman–Crippen MR) is 234 cm³/mol. The number of phenolic OH excluding ortho intramolecular Hbond substituents is 1. The second-order valence-electron chi connectivity index (χ2n) is 16.0. The number of nitrogens with zero attached hydrogens (tertiary/aromatic N) is 2. The molecule has 1 aliphatic carbocycles. The Hall–Kier alpha value is -5.31. The molecule has 0 spiro atoms. The standard InChI is InChI=1S/C47H55N5O7S/c1-31-26-35(27-32(2)42(31)29-48-30-44(54)40-16-18-43(53)47-41(40)17-19-45(55)50-47)49-46(56)20-25-59-37-10-7-11-39(28-37)60(57,58)38-14-12-34(13-15-38)33(3)51-21-23-52(24-22-51)36-8-5-4-6-9-36/h7,10-20,25-28,33,36,44,48,53-54H,4-6,8-9,21-24,29-30H2,1-3H3,(H,49,56)(H,50,55)/t33-,44-/m0/s1. The SMILES string of the molecule is Cc1cc(NC(=O)C=COc2cccc(S(=O)(=O)c3ccc([C@H](C)N4CCN(C5CCCCC5)CC4)cc3)c2)cc(C)c1CNC[C@H](O)c1ccc(O)c2[nH]c(=O)ccc12. The Morgan fingerprint density at radius 2 is 1.63 bits per heavy atom. The minimum Gasteiger partial charge on any atom is -0.506 e. The number of piperazine rings is 1. The van der Waals surface area contributed by atoms with Gasteiger partial charge in [-0.25, -0.2) is 8.42 Å². The van der Waals surface area contributed by atoms with Crippen LogP contribution in [0.3, 0.4) is 0 Å². The van der Waals surface area contributed by atoms with E-state index in [9.17, 15) is 28.2 Å². The third-order valence-corrected chi connectivity index (χ3v) is 13.8. The van der Waals surface area contributed by atoms with Crippen molar-refractivity contribution in [1.82, 2.24) is 20.1 Å². The van der Waals surface area contributed by atoms with Crippen LogP contribution in [0, 0.1) is 13.8 Å². The van der Waals surface area contributed by atoms with Crippen molar-refractivity contribution < 1.29 is 28.2 Å². The molecule has 1 aliphatic heterocycles. The monoisotopic (exact) mass is 833 g/mol. The van der Waals surface area contributed by atoms with E-state index in [1.54, 1.807) is 36.4 Å². The van der Waals surface area contributed by atoms with Gasteiger partial charge in [-0.2, -0.15) is 0 Å². The number of anilines is 1. The maximum Gasteiger partial charge on any atom is 0.251 e. The van der Waals surface area contributed by atoms with E-state index in [4.69, 9.17) is 4.74 Å². The highest BCUT2D eigenvalue weighted by Gasteiger charge is 2.28. The number of aliphatic hydroxyl groups excluding tert-OH is 1. The summed E-state index contributed by atoms with van der Waals surface area (Å²) in [5.74, 6) is -0.212. The van der Waals surface area contributed by atoms with Crippen molar-refractivity contribution in [1.29, 1.82) is 0 Å². The normalized spacial score (nSPS) is 16.9. The van der Waals surface area contributed by atoms with Crippen molar-refractivity contribution in [2.45, 2.75) is 87.4 Å². The zero-order valence-electron chi connectivity index (χ0n) is 34.5. The van der Waals surface area contributed by atoms with E-state index in [-0.39, 0.29) is 45.0 Å². The highest BCUT2D eigenvalue weighted by molar-refractivity contribution is 7.91. The number of carbonyl (C=O) groups excluding carboxylic acids is 1. The van der Waals surface area contributed by atoms with Crippen molar-refractivity contribution >= 4 is 32.3 Å². The van der Waals surface area contributed by atoms with Crippen LogP contribution in [-0.4, -0.2) is 78.1 Å². The van der Waals surface area contributed by atoms with Gasteiger partial charge in [-0.3, -0.25) is 19.4 Å². The summed E-state index contributed by atoms with van der Waals surface area (Å²) in [6.07, 6.45) is 8.25. The van der Waals surface area contributed by atoms with E-state index < -0.39 is 21.8 Å². The molecule has 0 bridgehead atoms. The number of aromatic hydroxyl groups is 1. The Balaban J connectivity index is 0.897. The van der Waals surface area contributed by atoms with Gasteiger partial charge >= 0.3 is 0 Å². The minimum absolute atomic E-state index is 0.0678. The Bertz CT molecular complexity index is 2480. The number of benzene rings is 4. The minimum atomic E-state index is -3.82. The Morgan fingerprint density at radius 3 is 2.35 bits per heavy atom. The fourth-order valence-corrected chi connectivity index (χ4v) is 9.91. The van der Waals surface area contributed by atoms with Crippen LogP contribution in [0.4, 0.5) is 5.69 Å². The second kappa shape index (κ2) is 18.9. The second-order valence-corrected chi connectivity index (χ2v) is 18.0.